The molecule has 0 aliphatic heterocycles. The van der Waals surface area contributed by atoms with E-state index in [2.05, 4.69) is 23.6 Å². The van der Waals surface area contributed by atoms with Crippen LogP contribution in [0.4, 0.5) is 0 Å². The second-order valence-electron chi connectivity index (χ2n) is 10.9. The van der Waals surface area contributed by atoms with Gasteiger partial charge in [-0.2, -0.15) is 8.42 Å². The fraction of sp³-hybridized carbons (Fsp3) is 0.414. The lowest BCUT2D eigenvalue weighted by atomic mass is 9.72. The number of benzene rings is 1. The molecule has 1 N–H and O–H groups in total. The van der Waals surface area contributed by atoms with Gasteiger partial charge in [0.15, 0.2) is 5.03 Å². The summed E-state index contributed by atoms with van der Waals surface area (Å²) in [4.78, 5) is 22.1. The lowest BCUT2D eigenvalue weighted by molar-refractivity contribution is 0.0978. The molecule has 1 amide bonds. The fourth-order valence-corrected chi connectivity index (χ4v) is 5.93. The predicted octanol–water partition coefficient (Wildman–Crippen LogP) is 6.80. The number of ether oxygens (including phenoxy) is 1. The molecule has 8 heteroatoms. The van der Waals surface area contributed by atoms with Gasteiger partial charge in [0.25, 0.3) is 15.9 Å². The van der Waals surface area contributed by atoms with Gasteiger partial charge in [-0.25, -0.2) is 14.7 Å². The molecule has 0 saturated heterocycles. The van der Waals surface area contributed by atoms with Gasteiger partial charge >= 0.3 is 0 Å². The molecule has 1 aliphatic rings. The Labute approximate surface area is 222 Å². The summed E-state index contributed by atoms with van der Waals surface area (Å²) < 4.78 is 34.2. The van der Waals surface area contributed by atoms with Crippen LogP contribution in [0.1, 0.15) is 86.7 Å². The highest BCUT2D eigenvalue weighted by atomic mass is 32.2. The standard InChI is InChI=1S/C29H35N3O4S.2H2/c1-18-16-19(2)26(20(3)17-18)36-28-23(10-11-24(31-28)22-12-14-29(5,6)15-13-22)27(33)32-37(34,35)25-9-7-8-21(4)30-25;;/h7-11,16-17,22H,12-15H2,1-6H3,(H,32,33);2*1H. The zero-order valence-electron chi connectivity index (χ0n) is 22.4. The first-order chi connectivity index (χ1) is 17.3. The number of aryl methyl sites for hydroxylation is 4. The first-order valence-corrected chi connectivity index (χ1v) is 14.1. The van der Waals surface area contributed by atoms with Gasteiger partial charge in [-0.15, -0.1) is 0 Å². The van der Waals surface area contributed by atoms with E-state index in [0.29, 0.717) is 16.9 Å². The second kappa shape index (κ2) is 10.2. The summed E-state index contributed by atoms with van der Waals surface area (Å²) >= 11 is 0. The molecule has 1 aromatic carbocycles. The SMILES string of the molecule is Cc1cc(C)c(Oc2nc(C3CCC(C)(C)CC3)ccc2C(=O)NS(=O)(=O)c2cccc(C)n2)c(C)c1.[HH].[HH]. The molecule has 0 atom stereocenters. The van der Waals surface area contributed by atoms with Crippen LogP contribution in [0, 0.1) is 33.1 Å². The van der Waals surface area contributed by atoms with E-state index < -0.39 is 15.9 Å². The molecule has 37 heavy (non-hydrogen) atoms. The Morgan fingerprint density at radius 2 is 1.65 bits per heavy atom. The topological polar surface area (TPSA) is 98.2 Å². The van der Waals surface area contributed by atoms with E-state index in [1.54, 1.807) is 25.1 Å². The molecule has 200 valence electrons. The van der Waals surface area contributed by atoms with Gasteiger partial charge in [0.05, 0.1) is 0 Å². The van der Waals surface area contributed by atoms with Gasteiger partial charge in [-0.1, -0.05) is 37.6 Å². The van der Waals surface area contributed by atoms with Gasteiger partial charge < -0.3 is 4.74 Å². The van der Waals surface area contributed by atoms with E-state index in [4.69, 9.17) is 9.72 Å². The van der Waals surface area contributed by atoms with Crippen LogP contribution in [0.5, 0.6) is 11.6 Å². The maximum atomic E-state index is 13.3. The Morgan fingerprint density at radius 1 is 1.00 bits per heavy atom. The predicted molar refractivity (Wildman–Crippen MR) is 148 cm³/mol. The highest BCUT2D eigenvalue weighted by Gasteiger charge is 2.30. The van der Waals surface area contributed by atoms with Crippen LogP contribution >= 0.6 is 0 Å². The molecule has 1 fully saturated rings. The second-order valence-corrected chi connectivity index (χ2v) is 12.5. The molecule has 2 heterocycles. The van der Waals surface area contributed by atoms with Crippen LogP contribution in [-0.2, 0) is 10.0 Å². The van der Waals surface area contributed by atoms with Crippen LogP contribution in [-0.4, -0.2) is 24.3 Å². The number of aromatic nitrogens is 2. The Bertz CT molecular complexity index is 1430. The van der Waals surface area contributed by atoms with Crippen molar-refractivity contribution in [1.29, 1.82) is 0 Å². The van der Waals surface area contributed by atoms with E-state index >= 15 is 0 Å². The van der Waals surface area contributed by atoms with Crippen molar-refractivity contribution in [3.63, 3.8) is 0 Å². The third-order valence-electron chi connectivity index (χ3n) is 7.05. The number of pyridine rings is 2. The number of rotatable bonds is 6. The zero-order chi connectivity index (χ0) is 27.0. The Kier molecular flexibility index (Phi) is 7.42. The van der Waals surface area contributed by atoms with Crippen molar-refractivity contribution in [1.82, 2.24) is 14.7 Å². The Balaban J connectivity index is 0.00000267. The van der Waals surface area contributed by atoms with Crippen LogP contribution in [0.2, 0.25) is 0 Å². The molecule has 1 saturated carbocycles. The summed E-state index contributed by atoms with van der Waals surface area (Å²) in [6.45, 7) is 12.1. The van der Waals surface area contributed by atoms with Gasteiger partial charge in [-0.05, 0) is 94.2 Å². The number of hydrogen-bond donors (Lipinski definition) is 1. The zero-order valence-corrected chi connectivity index (χ0v) is 23.2. The molecular formula is C29H39N3O4S. The van der Waals surface area contributed by atoms with E-state index in [-0.39, 0.29) is 25.2 Å². The Hall–Kier alpha value is -3.26. The normalized spacial score (nSPS) is 15.8. The molecule has 1 aliphatic carbocycles. The number of carbonyl (C=O) groups is 1. The monoisotopic (exact) mass is 525 g/mol. The summed E-state index contributed by atoms with van der Waals surface area (Å²) in [6, 6.07) is 12.1. The fourth-order valence-electron chi connectivity index (χ4n) is 4.95. The molecular weight excluding hydrogens is 486 g/mol. The number of carbonyl (C=O) groups excluding carboxylic acids is 1. The van der Waals surface area contributed by atoms with Crippen molar-refractivity contribution in [2.45, 2.75) is 78.2 Å². The minimum absolute atomic E-state index is 0. The lowest BCUT2D eigenvalue weighted by Crippen LogP contribution is -2.31. The van der Waals surface area contributed by atoms with E-state index in [1.165, 1.54) is 6.07 Å². The highest BCUT2D eigenvalue weighted by Crippen LogP contribution is 2.42. The van der Waals surface area contributed by atoms with E-state index in [1.807, 2.05) is 39.0 Å². The molecule has 0 radical (unpaired) electrons. The van der Waals surface area contributed by atoms with Gasteiger partial charge in [0.1, 0.15) is 11.3 Å². The summed E-state index contributed by atoms with van der Waals surface area (Å²) in [5.74, 6) is 0.150. The summed E-state index contributed by atoms with van der Waals surface area (Å²) in [7, 11) is -4.18. The van der Waals surface area contributed by atoms with Crippen molar-refractivity contribution in [2.75, 3.05) is 0 Å². The number of amides is 1. The summed E-state index contributed by atoms with van der Waals surface area (Å²) in [6.07, 6.45) is 4.19. The maximum absolute atomic E-state index is 13.3. The molecule has 0 bridgehead atoms. The number of sulfonamides is 1. The highest BCUT2D eigenvalue weighted by molar-refractivity contribution is 7.90. The van der Waals surface area contributed by atoms with Gasteiger partial charge in [-0.3, -0.25) is 4.79 Å². The van der Waals surface area contributed by atoms with Crippen LogP contribution < -0.4 is 9.46 Å². The molecule has 2 aromatic heterocycles. The van der Waals surface area contributed by atoms with Gasteiger partial charge in [0, 0.05) is 20.2 Å². The average molecular weight is 526 g/mol. The minimum Gasteiger partial charge on any atom is -0.438 e. The summed E-state index contributed by atoms with van der Waals surface area (Å²) in [5, 5.41) is -0.219. The number of hydrogen-bond acceptors (Lipinski definition) is 6. The molecule has 7 nitrogen and oxygen atoms in total. The molecule has 0 spiro atoms. The van der Waals surface area contributed by atoms with E-state index in [9.17, 15) is 13.2 Å². The molecule has 3 aromatic rings. The van der Waals surface area contributed by atoms with Crippen LogP contribution in [0.3, 0.4) is 0 Å². The first kappa shape index (κ1) is 26.8. The molecule has 0 unspecified atom stereocenters. The third-order valence-corrected chi connectivity index (χ3v) is 8.28. The van der Waals surface area contributed by atoms with E-state index in [0.717, 1.165) is 48.1 Å². The lowest BCUT2D eigenvalue weighted by Gasteiger charge is -2.34. The van der Waals surface area contributed by atoms with Crippen molar-refractivity contribution in [3.8, 4) is 11.6 Å². The maximum Gasteiger partial charge on any atom is 0.281 e. The van der Waals surface area contributed by atoms with Crippen molar-refractivity contribution in [3.05, 3.63) is 76.1 Å². The van der Waals surface area contributed by atoms with Crippen molar-refractivity contribution >= 4 is 15.9 Å². The average Bonchev–Trinajstić information content (AvgIpc) is 2.81. The van der Waals surface area contributed by atoms with Gasteiger partial charge in [0.2, 0.25) is 5.88 Å². The number of nitrogens with zero attached hydrogens (tertiary/aromatic N) is 2. The summed E-state index contributed by atoms with van der Waals surface area (Å²) in [5.41, 5.74) is 4.67. The van der Waals surface area contributed by atoms with Crippen molar-refractivity contribution in [2.24, 2.45) is 5.41 Å². The largest absolute Gasteiger partial charge is 0.438 e. The van der Waals surface area contributed by atoms with Crippen molar-refractivity contribution < 1.29 is 20.8 Å². The minimum atomic E-state index is -4.18. The van der Waals surface area contributed by atoms with Crippen LogP contribution in [0.25, 0.3) is 0 Å². The smallest absolute Gasteiger partial charge is 0.281 e. The first-order valence-electron chi connectivity index (χ1n) is 12.6. The number of nitrogens with one attached hydrogen (secondary N) is 1. The quantitative estimate of drug-likeness (QED) is 0.380. The Morgan fingerprint density at radius 3 is 2.27 bits per heavy atom. The van der Waals surface area contributed by atoms with Crippen LogP contribution in [0.15, 0.2) is 47.5 Å². The molecule has 4 rings (SSSR count). The third kappa shape index (κ3) is 6.18.